The predicted molar refractivity (Wildman–Crippen MR) is 114 cm³/mol. The van der Waals surface area contributed by atoms with Crippen LogP contribution < -0.4 is 5.32 Å². The van der Waals surface area contributed by atoms with Crippen molar-refractivity contribution in [3.8, 4) is 0 Å². The summed E-state index contributed by atoms with van der Waals surface area (Å²) in [6, 6.07) is 8.50. The molecule has 0 saturated carbocycles. The number of guanidine groups is 1. The molecule has 2 saturated heterocycles. The van der Waals surface area contributed by atoms with Gasteiger partial charge in [-0.05, 0) is 24.0 Å². The van der Waals surface area contributed by atoms with Gasteiger partial charge in [0, 0.05) is 59.2 Å². The largest absolute Gasteiger partial charge is 0.382 e. The van der Waals surface area contributed by atoms with Crippen LogP contribution in [0.4, 0.5) is 0 Å². The number of benzene rings is 1. The highest BCUT2D eigenvalue weighted by Gasteiger charge is 2.25. The lowest BCUT2D eigenvalue weighted by Crippen LogP contribution is -2.39. The molecule has 1 aromatic rings. The van der Waals surface area contributed by atoms with Gasteiger partial charge in [0.1, 0.15) is 0 Å². The van der Waals surface area contributed by atoms with E-state index in [2.05, 4.69) is 39.5 Å². The fourth-order valence-electron chi connectivity index (χ4n) is 3.92. The van der Waals surface area contributed by atoms with Crippen LogP contribution in [0, 0.1) is 5.92 Å². The molecular weight excluding hydrogens is 368 g/mol. The van der Waals surface area contributed by atoms with Gasteiger partial charge in [-0.1, -0.05) is 24.3 Å². The number of methoxy groups -OCH3 is 1. The maximum absolute atomic E-state index is 11.8. The number of amides is 1. The second-order valence-corrected chi connectivity index (χ2v) is 7.80. The monoisotopic (exact) mass is 402 g/mol. The van der Waals surface area contributed by atoms with Gasteiger partial charge < -0.3 is 24.6 Å². The molecule has 0 bridgehead atoms. The van der Waals surface area contributed by atoms with Gasteiger partial charge in [-0.2, -0.15) is 0 Å². The van der Waals surface area contributed by atoms with E-state index in [1.165, 1.54) is 11.1 Å². The minimum absolute atomic E-state index is 0.271. The molecule has 2 fully saturated rings. The van der Waals surface area contributed by atoms with Gasteiger partial charge in [0.15, 0.2) is 5.96 Å². The van der Waals surface area contributed by atoms with E-state index < -0.39 is 0 Å². The quantitative estimate of drug-likeness (QED) is 0.388. The number of hydrogen-bond donors (Lipinski definition) is 1. The minimum atomic E-state index is 0.271. The predicted octanol–water partition coefficient (Wildman–Crippen LogP) is 1.87. The summed E-state index contributed by atoms with van der Waals surface area (Å²) in [5.41, 5.74) is 2.39. The third-order valence-corrected chi connectivity index (χ3v) is 5.60. The van der Waals surface area contributed by atoms with Crippen LogP contribution >= 0.6 is 0 Å². The zero-order valence-corrected chi connectivity index (χ0v) is 17.7. The molecule has 1 unspecified atom stereocenters. The summed E-state index contributed by atoms with van der Waals surface area (Å²) in [5.74, 6) is 1.75. The number of ether oxygens (including phenoxy) is 2. The Kier molecular flexibility index (Phi) is 8.31. The standard InChI is InChI=1S/C22H34N4O3/c1-23-22(26-11-9-20(16-26)17-29-13-12-28-2)24-14-18-5-7-19(8-6-18)15-25-10-3-4-21(25)27/h5-8,20H,3-4,9-17H2,1-2H3,(H,23,24). The number of hydrogen-bond acceptors (Lipinski definition) is 4. The second kappa shape index (κ2) is 11.2. The maximum atomic E-state index is 11.8. The number of carbonyl (C=O) groups excluding carboxylic acids is 1. The molecule has 2 heterocycles. The van der Waals surface area contributed by atoms with Crippen molar-refractivity contribution in [3.63, 3.8) is 0 Å². The van der Waals surface area contributed by atoms with E-state index in [9.17, 15) is 4.79 Å². The Bertz CT molecular complexity index is 677. The average molecular weight is 403 g/mol. The van der Waals surface area contributed by atoms with Crippen LogP contribution in [0.5, 0.6) is 0 Å². The van der Waals surface area contributed by atoms with Crippen molar-refractivity contribution in [3.05, 3.63) is 35.4 Å². The molecule has 1 atom stereocenters. The van der Waals surface area contributed by atoms with E-state index in [1.54, 1.807) is 7.11 Å². The third kappa shape index (κ3) is 6.44. The first-order valence-electron chi connectivity index (χ1n) is 10.6. The zero-order valence-electron chi connectivity index (χ0n) is 17.7. The van der Waals surface area contributed by atoms with Crippen molar-refractivity contribution in [2.75, 3.05) is 53.6 Å². The minimum Gasteiger partial charge on any atom is -0.382 e. The first-order chi connectivity index (χ1) is 14.2. The molecule has 2 aliphatic rings. The van der Waals surface area contributed by atoms with Crippen molar-refractivity contribution >= 4 is 11.9 Å². The summed E-state index contributed by atoms with van der Waals surface area (Å²) in [6.07, 6.45) is 2.80. The van der Waals surface area contributed by atoms with Gasteiger partial charge in [0.05, 0.1) is 19.8 Å². The first kappa shape index (κ1) is 21.6. The Morgan fingerprint density at radius 2 is 2.00 bits per heavy atom. The molecule has 1 N–H and O–H groups in total. The summed E-state index contributed by atoms with van der Waals surface area (Å²) in [7, 11) is 3.53. The number of rotatable bonds is 9. The molecular formula is C22H34N4O3. The lowest BCUT2D eigenvalue weighted by Gasteiger charge is -2.22. The molecule has 7 heteroatoms. The summed E-state index contributed by atoms with van der Waals surface area (Å²) in [6.45, 7) is 6.38. The van der Waals surface area contributed by atoms with Gasteiger partial charge in [-0.25, -0.2) is 0 Å². The fourth-order valence-corrected chi connectivity index (χ4v) is 3.92. The molecule has 2 aliphatic heterocycles. The molecule has 1 aromatic carbocycles. The number of nitrogens with zero attached hydrogens (tertiary/aromatic N) is 3. The van der Waals surface area contributed by atoms with Crippen molar-refractivity contribution < 1.29 is 14.3 Å². The molecule has 0 spiro atoms. The van der Waals surface area contributed by atoms with E-state index in [4.69, 9.17) is 9.47 Å². The van der Waals surface area contributed by atoms with Crippen LogP contribution in [0.2, 0.25) is 0 Å². The van der Waals surface area contributed by atoms with Gasteiger partial charge >= 0.3 is 0 Å². The van der Waals surface area contributed by atoms with Crippen molar-refractivity contribution in [2.24, 2.45) is 10.9 Å². The summed E-state index contributed by atoms with van der Waals surface area (Å²) < 4.78 is 10.7. The highest BCUT2D eigenvalue weighted by molar-refractivity contribution is 5.80. The SMILES string of the molecule is CN=C(NCc1ccc(CN2CCCC2=O)cc1)N1CCC(COCCOC)C1. The summed E-state index contributed by atoms with van der Waals surface area (Å²) in [5, 5.41) is 3.47. The van der Waals surface area contributed by atoms with E-state index in [1.807, 2.05) is 11.9 Å². The molecule has 0 aliphatic carbocycles. The number of likely N-dealkylation sites (tertiary alicyclic amines) is 2. The lowest BCUT2D eigenvalue weighted by atomic mass is 10.1. The molecule has 0 aromatic heterocycles. The van der Waals surface area contributed by atoms with E-state index in [-0.39, 0.29) is 5.91 Å². The van der Waals surface area contributed by atoms with Gasteiger partial charge in [-0.3, -0.25) is 9.79 Å². The highest BCUT2D eigenvalue weighted by Crippen LogP contribution is 2.17. The molecule has 7 nitrogen and oxygen atoms in total. The smallest absolute Gasteiger partial charge is 0.222 e. The van der Waals surface area contributed by atoms with Gasteiger partial charge in [0.25, 0.3) is 0 Å². The number of nitrogens with one attached hydrogen (secondary N) is 1. The third-order valence-electron chi connectivity index (χ3n) is 5.60. The average Bonchev–Trinajstić information content (AvgIpc) is 3.36. The zero-order chi connectivity index (χ0) is 20.5. The second-order valence-electron chi connectivity index (χ2n) is 7.80. The van der Waals surface area contributed by atoms with Crippen LogP contribution in [0.25, 0.3) is 0 Å². The number of carbonyl (C=O) groups is 1. The van der Waals surface area contributed by atoms with E-state index in [0.29, 0.717) is 25.6 Å². The van der Waals surface area contributed by atoms with Crippen LogP contribution in [0.15, 0.2) is 29.3 Å². The Hall–Kier alpha value is -2.12. The highest BCUT2D eigenvalue weighted by atomic mass is 16.5. The number of aliphatic imine (C=N–C) groups is 1. The maximum Gasteiger partial charge on any atom is 0.222 e. The fraction of sp³-hybridized carbons (Fsp3) is 0.636. The first-order valence-corrected chi connectivity index (χ1v) is 10.6. The Morgan fingerprint density at radius 1 is 1.21 bits per heavy atom. The Labute approximate surface area is 174 Å². The molecule has 3 rings (SSSR count). The van der Waals surface area contributed by atoms with Gasteiger partial charge in [0.2, 0.25) is 5.91 Å². The van der Waals surface area contributed by atoms with Crippen molar-refractivity contribution in [1.29, 1.82) is 0 Å². The van der Waals surface area contributed by atoms with Crippen LogP contribution in [0.1, 0.15) is 30.4 Å². The lowest BCUT2D eigenvalue weighted by molar-refractivity contribution is -0.128. The summed E-state index contributed by atoms with van der Waals surface area (Å²) in [4.78, 5) is 20.5. The van der Waals surface area contributed by atoms with Crippen molar-refractivity contribution in [1.82, 2.24) is 15.1 Å². The molecule has 0 radical (unpaired) electrons. The van der Waals surface area contributed by atoms with Crippen LogP contribution in [0.3, 0.4) is 0 Å². The van der Waals surface area contributed by atoms with E-state index >= 15 is 0 Å². The Balaban J connectivity index is 1.42. The van der Waals surface area contributed by atoms with Crippen LogP contribution in [-0.4, -0.2) is 75.3 Å². The molecule has 29 heavy (non-hydrogen) atoms. The molecule has 1 amide bonds. The Morgan fingerprint density at radius 3 is 2.69 bits per heavy atom. The van der Waals surface area contributed by atoms with E-state index in [0.717, 1.165) is 58.1 Å². The van der Waals surface area contributed by atoms with Gasteiger partial charge in [-0.15, -0.1) is 0 Å². The van der Waals surface area contributed by atoms with Crippen molar-refractivity contribution in [2.45, 2.75) is 32.4 Å². The molecule has 160 valence electrons. The summed E-state index contributed by atoms with van der Waals surface area (Å²) >= 11 is 0. The normalized spacial score (nSPS) is 20.0. The van der Waals surface area contributed by atoms with Crippen LogP contribution in [-0.2, 0) is 27.4 Å². The topological polar surface area (TPSA) is 66.4 Å².